The molecule has 0 fully saturated rings. The number of hydrogen-bond donors (Lipinski definition) is 2. The van der Waals surface area contributed by atoms with Crippen LogP contribution < -0.4 is 5.32 Å². The number of amides is 2. The van der Waals surface area contributed by atoms with Gasteiger partial charge in [0.1, 0.15) is 11.6 Å². The van der Waals surface area contributed by atoms with E-state index in [2.05, 4.69) is 10.3 Å². The van der Waals surface area contributed by atoms with Crippen LogP contribution in [-0.2, 0) is 9.53 Å². The normalized spacial score (nSPS) is 11.9. The lowest BCUT2D eigenvalue weighted by molar-refractivity contribution is -0.137. The topological polar surface area (TPSA) is 91.8 Å². The fourth-order valence-electron chi connectivity index (χ4n) is 1.53. The number of aryl methyl sites for hydroxylation is 1. The summed E-state index contributed by atoms with van der Waals surface area (Å²) in [6, 6.07) is -0.704. The van der Waals surface area contributed by atoms with Crippen molar-refractivity contribution in [1.82, 2.24) is 15.2 Å². The number of carbonyl (C=O) groups excluding carboxylic acids is 1. The van der Waals surface area contributed by atoms with Crippen LogP contribution in [0.25, 0.3) is 0 Å². The number of aromatic nitrogens is 1. The quantitative estimate of drug-likeness (QED) is 0.791. The predicted octanol–water partition coefficient (Wildman–Crippen LogP) is 1.26. The Balaban J connectivity index is 2.62. The molecule has 0 bridgehead atoms. The molecule has 1 aromatic rings. The third-order valence-electron chi connectivity index (χ3n) is 2.53. The minimum Gasteiger partial charge on any atom is -0.480 e. The highest BCUT2D eigenvalue weighted by Gasteiger charge is 2.20. The number of urea groups is 1. The van der Waals surface area contributed by atoms with E-state index in [9.17, 15) is 9.59 Å². The fraction of sp³-hybridized carbons (Fsp3) is 0.583. The molecule has 0 aliphatic heterocycles. The predicted molar refractivity (Wildman–Crippen MR) is 74.9 cm³/mol. The maximum atomic E-state index is 12.0. The van der Waals surface area contributed by atoms with Crippen molar-refractivity contribution in [3.63, 3.8) is 0 Å². The van der Waals surface area contributed by atoms with Crippen molar-refractivity contribution in [2.75, 3.05) is 26.8 Å². The van der Waals surface area contributed by atoms with Gasteiger partial charge in [-0.25, -0.2) is 9.78 Å². The van der Waals surface area contributed by atoms with Gasteiger partial charge in [0.2, 0.25) is 0 Å². The van der Waals surface area contributed by atoms with Crippen LogP contribution in [0.5, 0.6) is 0 Å². The molecule has 0 aliphatic rings. The van der Waals surface area contributed by atoms with Crippen LogP contribution in [0, 0.1) is 6.92 Å². The second-order valence-corrected chi connectivity index (χ2v) is 5.20. The average molecular weight is 301 g/mol. The molecule has 7 nitrogen and oxygen atoms in total. The molecule has 0 aliphatic carbocycles. The molecular weight excluding hydrogens is 282 g/mol. The van der Waals surface area contributed by atoms with Gasteiger partial charge in [-0.15, -0.1) is 11.3 Å². The Hall–Kier alpha value is -1.67. The molecule has 1 rings (SSSR count). The van der Waals surface area contributed by atoms with E-state index in [-0.39, 0.29) is 25.7 Å². The highest BCUT2D eigenvalue weighted by molar-refractivity contribution is 7.09. The smallest absolute Gasteiger partial charge is 0.323 e. The number of thiazole rings is 1. The molecule has 1 heterocycles. The maximum absolute atomic E-state index is 12.0. The molecule has 0 radical (unpaired) electrons. The number of nitrogens with one attached hydrogen (secondary N) is 1. The van der Waals surface area contributed by atoms with Gasteiger partial charge in [0.15, 0.2) is 0 Å². The first-order valence-corrected chi connectivity index (χ1v) is 7.00. The highest BCUT2D eigenvalue weighted by Crippen LogP contribution is 2.17. The van der Waals surface area contributed by atoms with Crippen LogP contribution in [0.4, 0.5) is 4.79 Å². The van der Waals surface area contributed by atoms with Crippen molar-refractivity contribution in [1.29, 1.82) is 0 Å². The summed E-state index contributed by atoms with van der Waals surface area (Å²) in [5.74, 6) is -1.06. The summed E-state index contributed by atoms with van der Waals surface area (Å²) in [6.45, 7) is 3.83. The molecule has 1 unspecified atom stereocenters. The summed E-state index contributed by atoms with van der Waals surface area (Å²) in [6.07, 6.45) is 0. The Labute approximate surface area is 121 Å². The molecule has 0 spiro atoms. The molecule has 1 atom stereocenters. The van der Waals surface area contributed by atoms with Crippen LogP contribution in [0.15, 0.2) is 5.38 Å². The number of ether oxygens (including phenoxy) is 1. The number of aliphatic carboxylic acids is 1. The molecule has 2 amide bonds. The molecule has 112 valence electrons. The van der Waals surface area contributed by atoms with Gasteiger partial charge in [0.05, 0.1) is 12.6 Å². The molecular formula is C12H19N3O4S. The Kier molecular flexibility index (Phi) is 6.40. The van der Waals surface area contributed by atoms with Gasteiger partial charge in [-0.2, -0.15) is 0 Å². The monoisotopic (exact) mass is 301 g/mol. The summed E-state index contributed by atoms with van der Waals surface area (Å²) in [7, 11) is 1.50. The molecule has 8 heteroatoms. The maximum Gasteiger partial charge on any atom is 0.323 e. The van der Waals surface area contributed by atoms with Gasteiger partial charge in [-0.1, -0.05) is 0 Å². The highest BCUT2D eigenvalue weighted by atomic mass is 32.1. The van der Waals surface area contributed by atoms with E-state index in [4.69, 9.17) is 9.84 Å². The van der Waals surface area contributed by atoms with E-state index in [1.807, 2.05) is 19.2 Å². The van der Waals surface area contributed by atoms with Gasteiger partial charge in [0, 0.05) is 24.7 Å². The zero-order chi connectivity index (χ0) is 15.1. The molecule has 2 N–H and O–H groups in total. The summed E-state index contributed by atoms with van der Waals surface area (Å²) >= 11 is 1.46. The Morgan fingerprint density at radius 2 is 2.30 bits per heavy atom. The summed E-state index contributed by atoms with van der Waals surface area (Å²) in [5.41, 5.74) is 0.896. The van der Waals surface area contributed by atoms with E-state index in [0.29, 0.717) is 0 Å². The van der Waals surface area contributed by atoms with Crippen LogP contribution in [0.2, 0.25) is 0 Å². The number of carboxylic acid groups (broad SMARTS) is 1. The third-order valence-corrected chi connectivity index (χ3v) is 3.67. The van der Waals surface area contributed by atoms with Crippen LogP contribution in [-0.4, -0.2) is 53.8 Å². The number of carboxylic acids is 1. The molecule has 0 aromatic carbocycles. The lowest BCUT2D eigenvalue weighted by atomic mass is 10.3. The lowest BCUT2D eigenvalue weighted by Gasteiger charge is -2.22. The van der Waals surface area contributed by atoms with Crippen molar-refractivity contribution in [3.05, 3.63) is 16.1 Å². The number of nitrogens with zero attached hydrogens (tertiary/aromatic N) is 2. The first-order valence-electron chi connectivity index (χ1n) is 6.12. The summed E-state index contributed by atoms with van der Waals surface area (Å²) in [4.78, 5) is 28.3. The largest absolute Gasteiger partial charge is 0.480 e. The standard InChI is InChI=1S/C12H19N3O4S/c1-8-7-20-11(13-8)9(2)14-12(18)15(4-5-19-3)6-10(16)17/h7,9H,4-6H2,1-3H3,(H,14,18)(H,16,17). The van der Waals surface area contributed by atoms with Crippen molar-refractivity contribution in [2.24, 2.45) is 0 Å². The van der Waals surface area contributed by atoms with Crippen molar-refractivity contribution < 1.29 is 19.4 Å². The van der Waals surface area contributed by atoms with E-state index < -0.39 is 12.0 Å². The zero-order valence-electron chi connectivity index (χ0n) is 11.8. The third kappa shape index (κ3) is 5.14. The van der Waals surface area contributed by atoms with Gasteiger partial charge in [-0.05, 0) is 13.8 Å². The fourth-order valence-corrected chi connectivity index (χ4v) is 2.33. The number of rotatable bonds is 7. The van der Waals surface area contributed by atoms with E-state index in [0.717, 1.165) is 10.7 Å². The Morgan fingerprint density at radius 3 is 2.80 bits per heavy atom. The van der Waals surface area contributed by atoms with Gasteiger partial charge in [0.25, 0.3) is 0 Å². The Morgan fingerprint density at radius 1 is 1.60 bits per heavy atom. The zero-order valence-corrected chi connectivity index (χ0v) is 12.6. The Bertz CT molecular complexity index is 463. The number of hydrogen-bond acceptors (Lipinski definition) is 5. The lowest BCUT2D eigenvalue weighted by Crippen LogP contribution is -2.45. The summed E-state index contributed by atoms with van der Waals surface area (Å²) in [5, 5.41) is 14.2. The van der Waals surface area contributed by atoms with Gasteiger partial charge in [-0.3, -0.25) is 4.79 Å². The molecule has 0 saturated carbocycles. The van der Waals surface area contributed by atoms with Crippen molar-refractivity contribution >= 4 is 23.3 Å². The molecule has 0 saturated heterocycles. The first kappa shape index (κ1) is 16.4. The van der Waals surface area contributed by atoms with Crippen LogP contribution >= 0.6 is 11.3 Å². The van der Waals surface area contributed by atoms with Crippen LogP contribution in [0.3, 0.4) is 0 Å². The van der Waals surface area contributed by atoms with E-state index in [1.54, 1.807) is 0 Å². The van der Waals surface area contributed by atoms with E-state index >= 15 is 0 Å². The number of methoxy groups -OCH3 is 1. The second kappa shape index (κ2) is 7.81. The average Bonchev–Trinajstić information content (AvgIpc) is 2.80. The summed E-state index contributed by atoms with van der Waals surface area (Å²) < 4.78 is 4.87. The van der Waals surface area contributed by atoms with Crippen LogP contribution in [0.1, 0.15) is 23.7 Å². The first-order chi connectivity index (χ1) is 9.43. The second-order valence-electron chi connectivity index (χ2n) is 4.31. The minimum atomic E-state index is -1.06. The molecule has 20 heavy (non-hydrogen) atoms. The van der Waals surface area contributed by atoms with Crippen molar-refractivity contribution in [3.8, 4) is 0 Å². The van der Waals surface area contributed by atoms with Gasteiger partial charge < -0.3 is 20.1 Å². The SMILES string of the molecule is COCCN(CC(=O)O)C(=O)NC(C)c1nc(C)cs1. The molecule has 1 aromatic heterocycles. The van der Waals surface area contributed by atoms with Gasteiger partial charge >= 0.3 is 12.0 Å². The number of carbonyl (C=O) groups is 2. The van der Waals surface area contributed by atoms with E-state index in [1.165, 1.54) is 23.3 Å². The van der Waals surface area contributed by atoms with Crippen molar-refractivity contribution in [2.45, 2.75) is 19.9 Å². The minimum absolute atomic E-state index is 0.220.